The molecule has 0 unspecified atom stereocenters. The predicted octanol–water partition coefficient (Wildman–Crippen LogP) is 1.86. The van der Waals surface area contributed by atoms with Crippen molar-refractivity contribution < 1.29 is 0 Å². The van der Waals surface area contributed by atoms with Crippen molar-refractivity contribution in [3.63, 3.8) is 0 Å². The quantitative estimate of drug-likeness (QED) is 0.618. The van der Waals surface area contributed by atoms with Crippen LogP contribution in [-0.4, -0.2) is 31.0 Å². The molecule has 1 aromatic rings. The van der Waals surface area contributed by atoms with Gasteiger partial charge in [-0.25, -0.2) is 4.99 Å². The number of guanidine groups is 1. The Kier molecular flexibility index (Phi) is 3.44. The average Bonchev–Trinajstić information content (AvgIpc) is 3.09. The fourth-order valence-corrected chi connectivity index (χ4v) is 1.48. The van der Waals surface area contributed by atoms with Crippen molar-refractivity contribution in [3.8, 4) is 0 Å². The highest BCUT2D eigenvalue weighted by atomic mass is 15.3. The highest BCUT2D eigenvalue weighted by Crippen LogP contribution is 2.18. The molecule has 3 heteroatoms. The van der Waals surface area contributed by atoms with E-state index in [1.54, 1.807) is 0 Å². The molecule has 0 saturated heterocycles. The fraction of sp³-hybridized carbons (Fsp3) is 0.462. The lowest BCUT2D eigenvalue weighted by molar-refractivity contribution is 0.578. The molecule has 2 rings (SSSR count). The van der Waals surface area contributed by atoms with Crippen LogP contribution in [0.25, 0.3) is 0 Å². The van der Waals surface area contributed by atoms with E-state index >= 15 is 0 Å². The maximum atomic E-state index is 4.61. The van der Waals surface area contributed by atoms with Gasteiger partial charge >= 0.3 is 0 Å². The number of aliphatic imine (C=N–C) groups is 1. The third kappa shape index (κ3) is 3.26. The number of benzene rings is 1. The van der Waals surface area contributed by atoms with Crippen LogP contribution < -0.4 is 5.32 Å². The van der Waals surface area contributed by atoms with E-state index in [2.05, 4.69) is 34.6 Å². The first-order valence-electron chi connectivity index (χ1n) is 5.78. The van der Waals surface area contributed by atoms with Crippen LogP contribution in [0.2, 0.25) is 0 Å². The maximum Gasteiger partial charge on any atom is 0.193 e. The molecule has 1 aromatic carbocycles. The summed E-state index contributed by atoms with van der Waals surface area (Å²) >= 11 is 0. The second-order valence-electron chi connectivity index (χ2n) is 4.44. The van der Waals surface area contributed by atoms with Gasteiger partial charge in [-0.1, -0.05) is 30.3 Å². The molecule has 0 aliphatic heterocycles. The molecule has 1 aliphatic carbocycles. The van der Waals surface area contributed by atoms with Crippen molar-refractivity contribution >= 4 is 5.96 Å². The molecule has 3 nitrogen and oxygen atoms in total. The van der Waals surface area contributed by atoms with Crippen LogP contribution >= 0.6 is 0 Å². The predicted molar refractivity (Wildman–Crippen MR) is 67.4 cm³/mol. The van der Waals surface area contributed by atoms with E-state index in [-0.39, 0.29) is 0 Å². The molecule has 1 N–H and O–H groups in total. The Balaban J connectivity index is 1.96. The van der Waals surface area contributed by atoms with Gasteiger partial charge in [-0.3, -0.25) is 0 Å². The van der Waals surface area contributed by atoms with Crippen LogP contribution in [0.15, 0.2) is 35.3 Å². The summed E-state index contributed by atoms with van der Waals surface area (Å²) in [6, 6.07) is 11.0. The summed E-state index contributed by atoms with van der Waals surface area (Å²) in [5.74, 6) is 0.992. The zero-order chi connectivity index (χ0) is 11.4. The molecule has 0 heterocycles. The molecular formula is C13H19N3. The molecular weight excluding hydrogens is 198 g/mol. The van der Waals surface area contributed by atoms with E-state index < -0.39 is 0 Å². The van der Waals surface area contributed by atoms with Crippen LogP contribution in [0.1, 0.15) is 18.4 Å². The van der Waals surface area contributed by atoms with Crippen molar-refractivity contribution in [2.45, 2.75) is 25.4 Å². The zero-order valence-corrected chi connectivity index (χ0v) is 9.98. The van der Waals surface area contributed by atoms with E-state index in [0.717, 1.165) is 12.5 Å². The third-order valence-electron chi connectivity index (χ3n) is 2.59. The van der Waals surface area contributed by atoms with Gasteiger partial charge in [-0.05, 0) is 18.4 Å². The number of hydrogen-bond acceptors (Lipinski definition) is 1. The molecule has 1 fully saturated rings. The van der Waals surface area contributed by atoms with E-state index in [1.807, 2.05) is 25.1 Å². The summed E-state index contributed by atoms with van der Waals surface area (Å²) in [6.07, 6.45) is 2.55. The number of hydrogen-bond donors (Lipinski definition) is 1. The van der Waals surface area contributed by atoms with Gasteiger partial charge in [-0.2, -0.15) is 0 Å². The van der Waals surface area contributed by atoms with Crippen molar-refractivity contribution in [2.24, 2.45) is 4.99 Å². The lowest BCUT2D eigenvalue weighted by Crippen LogP contribution is -2.37. The lowest BCUT2D eigenvalue weighted by atomic mass is 10.2. The first kappa shape index (κ1) is 11.0. The summed E-state index contributed by atoms with van der Waals surface area (Å²) in [4.78, 5) is 6.65. The van der Waals surface area contributed by atoms with Gasteiger partial charge in [0.1, 0.15) is 0 Å². The van der Waals surface area contributed by atoms with E-state index in [0.29, 0.717) is 6.04 Å². The summed E-state index contributed by atoms with van der Waals surface area (Å²) in [5, 5.41) is 3.44. The summed E-state index contributed by atoms with van der Waals surface area (Å²) in [7, 11) is 4.05. The highest BCUT2D eigenvalue weighted by molar-refractivity contribution is 5.80. The first-order valence-corrected chi connectivity index (χ1v) is 5.78. The Hall–Kier alpha value is -1.51. The highest BCUT2D eigenvalue weighted by Gasteiger charge is 2.22. The Morgan fingerprint density at radius 1 is 1.31 bits per heavy atom. The SMILES string of the molecule is CN(C)C(=NCc1ccccc1)NC1CC1. The standard InChI is InChI=1S/C13H19N3/c1-16(2)13(15-12-8-9-12)14-10-11-6-4-3-5-7-11/h3-7,12H,8-10H2,1-2H3,(H,14,15). The number of nitrogens with one attached hydrogen (secondary N) is 1. The summed E-state index contributed by atoms with van der Waals surface area (Å²) < 4.78 is 0. The van der Waals surface area contributed by atoms with Gasteiger partial charge in [-0.15, -0.1) is 0 Å². The smallest absolute Gasteiger partial charge is 0.193 e. The average molecular weight is 217 g/mol. The van der Waals surface area contributed by atoms with Crippen molar-refractivity contribution in [2.75, 3.05) is 14.1 Å². The van der Waals surface area contributed by atoms with Crippen molar-refractivity contribution in [1.82, 2.24) is 10.2 Å². The first-order chi connectivity index (χ1) is 7.75. The van der Waals surface area contributed by atoms with Crippen LogP contribution in [0.5, 0.6) is 0 Å². The minimum absolute atomic E-state index is 0.650. The maximum absolute atomic E-state index is 4.61. The summed E-state index contributed by atoms with van der Waals surface area (Å²) in [5.41, 5.74) is 1.25. The largest absolute Gasteiger partial charge is 0.354 e. The lowest BCUT2D eigenvalue weighted by Gasteiger charge is -2.17. The van der Waals surface area contributed by atoms with Gasteiger partial charge in [0, 0.05) is 20.1 Å². The van der Waals surface area contributed by atoms with Gasteiger partial charge < -0.3 is 10.2 Å². The van der Waals surface area contributed by atoms with Crippen LogP contribution in [0.3, 0.4) is 0 Å². The summed E-state index contributed by atoms with van der Waals surface area (Å²) in [6.45, 7) is 0.744. The van der Waals surface area contributed by atoms with Crippen molar-refractivity contribution in [1.29, 1.82) is 0 Å². The normalized spacial score (nSPS) is 16.0. The van der Waals surface area contributed by atoms with E-state index in [1.165, 1.54) is 18.4 Å². The molecule has 0 radical (unpaired) electrons. The molecule has 0 aromatic heterocycles. The Labute approximate surface area is 97.2 Å². The second kappa shape index (κ2) is 5.01. The molecule has 1 aliphatic rings. The van der Waals surface area contributed by atoms with Crippen LogP contribution in [0.4, 0.5) is 0 Å². The van der Waals surface area contributed by atoms with Gasteiger partial charge in [0.05, 0.1) is 6.54 Å². The number of rotatable bonds is 3. The van der Waals surface area contributed by atoms with Crippen molar-refractivity contribution in [3.05, 3.63) is 35.9 Å². The molecule has 16 heavy (non-hydrogen) atoms. The Morgan fingerprint density at radius 3 is 2.56 bits per heavy atom. The topological polar surface area (TPSA) is 27.6 Å². The number of nitrogens with zero attached hydrogens (tertiary/aromatic N) is 2. The Bertz CT molecular complexity index is 353. The Morgan fingerprint density at radius 2 is 2.00 bits per heavy atom. The van der Waals surface area contributed by atoms with Gasteiger partial charge in [0.15, 0.2) is 5.96 Å². The molecule has 1 saturated carbocycles. The molecule has 0 bridgehead atoms. The van der Waals surface area contributed by atoms with Gasteiger partial charge in [0.25, 0.3) is 0 Å². The van der Waals surface area contributed by atoms with Crippen LogP contribution in [-0.2, 0) is 6.54 Å². The van der Waals surface area contributed by atoms with E-state index in [4.69, 9.17) is 0 Å². The minimum atomic E-state index is 0.650. The zero-order valence-electron chi connectivity index (χ0n) is 9.98. The second-order valence-corrected chi connectivity index (χ2v) is 4.44. The molecule has 0 spiro atoms. The molecule has 86 valence electrons. The third-order valence-corrected chi connectivity index (χ3v) is 2.59. The van der Waals surface area contributed by atoms with Gasteiger partial charge in [0.2, 0.25) is 0 Å². The van der Waals surface area contributed by atoms with Crippen LogP contribution in [0, 0.1) is 0 Å². The molecule has 0 atom stereocenters. The fourth-order valence-electron chi connectivity index (χ4n) is 1.48. The minimum Gasteiger partial charge on any atom is -0.354 e. The monoisotopic (exact) mass is 217 g/mol. The molecule has 0 amide bonds. The van der Waals surface area contributed by atoms with E-state index in [9.17, 15) is 0 Å².